The van der Waals surface area contributed by atoms with E-state index in [1.165, 1.54) is 4.90 Å². The van der Waals surface area contributed by atoms with Crippen molar-refractivity contribution in [3.63, 3.8) is 0 Å². The maximum Gasteiger partial charge on any atom is 0.290 e. The van der Waals surface area contributed by atoms with Crippen molar-refractivity contribution in [3.8, 4) is 5.75 Å². The van der Waals surface area contributed by atoms with Crippen LogP contribution in [0.3, 0.4) is 0 Å². The van der Waals surface area contributed by atoms with Crippen molar-refractivity contribution < 1.29 is 19.4 Å². The number of amides is 1. The summed E-state index contributed by atoms with van der Waals surface area (Å²) >= 11 is 5.98. The van der Waals surface area contributed by atoms with E-state index in [1.54, 1.807) is 44.4 Å². The van der Waals surface area contributed by atoms with Gasteiger partial charge in [0.25, 0.3) is 5.91 Å². The summed E-state index contributed by atoms with van der Waals surface area (Å²) in [7, 11) is 1.56. The van der Waals surface area contributed by atoms with Crippen molar-refractivity contribution in [2.45, 2.75) is 25.9 Å². The molecule has 0 radical (unpaired) electrons. The molecule has 1 aliphatic rings. The van der Waals surface area contributed by atoms with E-state index in [4.69, 9.17) is 16.3 Å². The number of carbonyl (C=O) groups is 2. The van der Waals surface area contributed by atoms with Crippen LogP contribution in [0, 0.1) is 0 Å². The molecule has 140 valence electrons. The first-order valence-electron chi connectivity index (χ1n) is 8.62. The van der Waals surface area contributed by atoms with Crippen molar-refractivity contribution in [2.24, 2.45) is 0 Å². The molecule has 0 saturated carbocycles. The zero-order valence-electron chi connectivity index (χ0n) is 15.1. The van der Waals surface area contributed by atoms with Gasteiger partial charge in [-0.25, -0.2) is 0 Å². The molecule has 1 atom stereocenters. The highest BCUT2D eigenvalue weighted by Crippen LogP contribution is 2.40. The molecular weight excluding hydrogens is 366 g/mol. The second kappa shape index (κ2) is 7.84. The number of halogens is 1. The lowest BCUT2D eigenvalue weighted by atomic mass is 9.95. The second-order valence-corrected chi connectivity index (χ2v) is 6.67. The summed E-state index contributed by atoms with van der Waals surface area (Å²) in [6.07, 6.45) is 0.194. The zero-order valence-corrected chi connectivity index (χ0v) is 15.9. The number of hydrogen-bond acceptors (Lipinski definition) is 4. The number of Topliss-reactive ketones (excluding diaryl/α,β-unsaturated/α-hetero) is 1. The Balaban J connectivity index is 2.07. The number of aliphatic hydroxyl groups is 1. The summed E-state index contributed by atoms with van der Waals surface area (Å²) in [6.45, 7) is 1.90. The number of aliphatic hydroxyl groups excluding tert-OH is 1. The number of rotatable bonds is 6. The number of ketones is 1. The van der Waals surface area contributed by atoms with Gasteiger partial charge in [0.15, 0.2) is 11.5 Å². The summed E-state index contributed by atoms with van der Waals surface area (Å²) in [5.41, 5.74) is 1.62. The largest absolute Gasteiger partial charge is 0.503 e. The minimum atomic E-state index is -0.674. The molecule has 0 aromatic heterocycles. The molecule has 5 nitrogen and oxygen atoms in total. The highest BCUT2D eigenvalue weighted by atomic mass is 35.5. The topological polar surface area (TPSA) is 66.8 Å². The molecule has 0 saturated heterocycles. The van der Waals surface area contributed by atoms with Gasteiger partial charge < -0.3 is 14.7 Å². The van der Waals surface area contributed by atoms with Gasteiger partial charge in [-0.3, -0.25) is 9.59 Å². The van der Waals surface area contributed by atoms with E-state index >= 15 is 0 Å². The second-order valence-electron chi connectivity index (χ2n) is 6.24. The molecule has 1 N–H and O–H groups in total. The van der Waals surface area contributed by atoms with E-state index in [-0.39, 0.29) is 24.3 Å². The first-order valence-corrected chi connectivity index (χ1v) is 9.00. The Bertz CT molecular complexity index is 905. The molecule has 6 heteroatoms. The lowest BCUT2D eigenvalue weighted by Crippen LogP contribution is -2.30. The smallest absolute Gasteiger partial charge is 0.290 e. The molecule has 3 rings (SSSR count). The van der Waals surface area contributed by atoms with Crippen LogP contribution < -0.4 is 4.74 Å². The van der Waals surface area contributed by atoms with Gasteiger partial charge in [0.1, 0.15) is 5.75 Å². The highest BCUT2D eigenvalue weighted by Gasteiger charge is 2.43. The SMILES string of the molecule is CCC(=O)C1=C(O)C(=O)N(Cc2ccccc2OC)C1c1ccc(Cl)cc1. The Hall–Kier alpha value is -2.79. The molecule has 1 unspecified atom stereocenters. The fraction of sp³-hybridized carbons (Fsp3) is 0.238. The number of methoxy groups -OCH3 is 1. The Labute approximate surface area is 162 Å². The fourth-order valence-electron chi connectivity index (χ4n) is 3.30. The third-order valence-electron chi connectivity index (χ3n) is 4.64. The van der Waals surface area contributed by atoms with Crippen LogP contribution in [0.2, 0.25) is 5.02 Å². The van der Waals surface area contributed by atoms with Gasteiger partial charge in [0.2, 0.25) is 0 Å². The maximum absolute atomic E-state index is 12.8. The molecular formula is C21H20ClNO4. The van der Waals surface area contributed by atoms with Crippen molar-refractivity contribution in [2.75, 3.05) is 7.11 Å². The van der Waals surface area contributed by atoms with Gasteiger partial charge in [-0.05, 0) is 23.8 Å². The van der Waals surface area contributed by atoms with Crippen LogP contribution in [0.25, 0.3) is 0 Å². The molecule has 1 amide bonds. The van der Waals surface area contributed by atoms with Crippen LogP contribution in [0.4, 0.5) is 0 Å². The van der Waals surface area contributed by atoms with E-state index in [0.717, 1.165) is 5.56 Å². The van der Waals surface area contributed by atoms with Gasteiger partial charge in [-0.2, -0.15) is 0 Å². The Kier molecular flexibility index (Phi) is 5.51. The summed E-state index contributed by atoms with van der Waals surface area (Å²) in [6, 6.07) is 13.6. The van der Waals surface area contributed by atoms with E-state index in [1.807, 2.05) is 18.2 Å². The Morgan fingerprint density at radius 3 is 2.48 bits per heavy atom. The van der Waals surface area contributed by atoms with Crippen LogP contribution in [0.15, 0.2) is 59.9 Å². The number of nitrogens with zero attached hydrogens (tertiary/aromatic N) is 1. The van der Waals surface area contributed by atoms with Crippen LogP contribution in [0.1, 0.15) is 30.5 Å². The monoisotopic (exact) mass is 385 g/mol. The minimum absolute atomic E-state index is 0.125. The van der Waals surface area contributed by atoms with Crippen molar-refractivity contribution in [1.82, 2.24) is 4.90 Å². The predicted octanol–water partition coefficient (Wildman–Crippen LogP) is 4.22. The quantitative estimate of drug-likeness (QED) is 0.808. The third-order valence-corrected chi connectivity index (χ3v) is 4.90. The Morgan fingerprint density at radius 2 is 1.85 bits per heavy atom. The zero-order chi connectivity index (χ0) is 19.6. The van der Waals surface area contributed by atoms with Crippen molar-refractivity contribution in [3.05, 3.63) is 76.0 Å². The molecule has 0 fully saturated rings. The van der Waals surface area contributed by atoms with Crippen molar-refractivity contribution in [1.29, 1.82) is 0 Å². The molecule has 1 heterocycles. The van der Waals surface area contributed by atoms with Gasteiger partial charge in [-0.1, -0.05) is 48.9 Å². The Morgan fingerprint density at radius 1 is 1.19 bits per heavy atom. The number of para-hydroxylation sites is 1. The number of hydrogen-bond donors (Lipinski definition) is 1. The first-order chi connectivity index (χ1) is 13.0. The van der Waals surface area contributed by atoms with E-state index in [9.17, 15) is 14.7 Å². The average molecular weight is 386 g/mol. The lowest BCUT2D eigenvalue weighted by Gasteiger charge is -2.27. The molecule has 1 aliphatic heterocycles. The van der Waals surface area contributed by atoms with Gasteiger partial charge in [0.05, 0.1) is 25.3 Å². The molecule has 0 aliphatic carbocycles. The predicted molar refractivity (Wildman–Crippen MR) is 103 cm³/mol. The van der Waals surface area contributed by atoms with Gasteiger partial charge in [-0.15, -0.1) is 0 Å². The van der Waals surface area contributed by atoms with E-state index in [0.29, 0.717) is 16.3 Å². The van der Waals surface area contributed by atoms with Crippen LogP contribution in [-0.2, 0) is 16.1 Å². The summed E-state index contributed by atoms with van der Waals surface area (Å²) in [4.78, 5) is 26.8. The first kappa shape index (κ1) is 19.0. The highest BCUT2D eigenvalue weighted by molar-refractivity contribution is 6.30. The van der Waals surface area contributed by atoms with E-state index in [2.05, 4.69) is 0 Å². The normalized spacial score (nSPS) is 16.8. The molecule has 27 heavy (non-hydrogen) atoms. The summed E-state index contributed by atoms with van der Waals surface area (Å²) < 4.78 is 5.37. The average Bonchev–Trinajstić information content (AvgIpc) is 2.93. The van der Waals surface area contributed by atoms with Crippen molar-refractivity contribution >= 4 is 23.3 Å². The fourth-order valence-corrected chi connectivity index (χ4v) is 3.43. The number of ether oxygens (including phenoxy) is 1. The third kappa shape index (κ3) is 3.55. The number of benzene rings is 2. The molecule has 2 aromatic rings. The molecule has 2 aromatic carbocycles. The summed E-state index contributed by atoms with van der Waals surface area (Å²) in [5, 5.41) is 11.0. The van der Waals surface area contributed by atoms with Gasteiger partial charge >= 0.3 is 0 Å². The lowest BCUT2D eigenvalue weighted by molar-refractivity contribution is -0.130. The van der Waals surface area contributed by atoms with Crippen LogP contribution >= 0.6 is 11.6 Å². The molecule has 0 bridgehead atoms. The maximum atomic E-state index is 12.8. The van der Waals surface area contributed by atoms with Crippen LogP contribution in [-0.4, -0.2) is 28.8 Å². The van der Waals surface area contributed by atoms with Crippen LogP contribution in [0.5, 0.6) is 5.75 Å². The standard InChI is InChI=1S/C21H20ClNO4/c1-3-16(24)18-19(13-8-10-15(22)11-9-13)23(21(26)20(18)25)12-14-6-4-5-7-17(14)27-2/h4-11,19,25H,3,12H2,1-2H3. The number of carbonyl (C=O) groups excluding carboxylic acids is 2. The summed E-state index contributed by atoms with van der Waals surface area (Å²) in [5.74, 6) is -0.687. The molecule has 0 spiro atoms. The van der Waals surface area contributed by atoms with Gasteiger partial charge in [0, 0.05) is 17.0 Å². The van der Waals surface area contributed by atoms with E-state index < -0.39 is 17.7 Å². The minimum Gasteiger partial charge on any atom is -0.503 e.